The van der Waals surface area contributed by atoms with Crippen LogP contribution in [-0.2, 0) is 14.3 Å². The van der Waals surface area contributed by atoms with Gasteiger partial charge in [0.1, 0.15) is 0 Å². The van der Waals surface area contributed by atoms with E-state index in [-0.39, 0.29) is 17.8 Å². The van der Waals surface area contributed by atoms with Gasteiger partial charge in [0.25, 0.3) is 0 Å². The van der Waals surface area contributed by atoms with E-state index in [9.17, 15) is 9.59 Å². The number of amides is 1. The molecule has 0 atom stereocenters. The third-order valence-electron chi connectivity index (χ3n) is 4.51. The topological polar surface area (TPSA) is 46.6 Å². The predicted molar refractivity (Wildman–Crippen MR) is 93.1 cm³/mol. The molecule has 1 aliphatic heterocycles. The molecule has 1 rings (SSSR count). The number of piperidine rings is 1. The van der Waals surface area contributed by atoms with Gasteiger partial charge in [0.05, 0.1) is 12.5 Å². The van der Waals surface area contributed by atoms with Crippen LogP contribution < -0.4 is 0 Å². The van der Waals surface area contributed by atoms with Gasteiger partial charge in [-0.2, -0.15) is 0 Å². The van der Waals surface area contributed by atoms with Crippen molar-refractivity contribution in [2.24, 2.45) is 11.8 Å². The Morgan fingerprint density at radius 3 is 2.26 bits per heavy atom. The van der Waals surface area contributed by atoms with Crippen molar-refractivity contribution in [3.05, 3.63) is 0 Å². The zero-order valence-corrected chi connectivity index (χ0v) is 15.3. The van der Waals surface area contributed by atoms with Crippen molar-refractivity contribution in [3.63, 3.8) is 0 Å². The van der Waals surface area contributed by atoms with Gasteiger partial charge in [0, 0.05) is 19.5 Å². The maximum Gasteiger partial charge on any atom is 0.309 e. The molecule has 0 N–H and O–H groups in total. The average Bonchev–Trinajstić information content (AvgIpc) is 2.53. The van der Waals surface area contributed by atoms with Crippen molar-refractivity contribution in [2.75, 3.05) is 19.7 Å². The van der Waals surface area contributed by atoms with Crippen molar-refractivity contribution < 1.29 is 14.3 Å². The molecule has 0 bridgehead atoms. The van der Waals surface area contributed by atoms with Gasteiger partial charge in [-0.15, -0.1) is 0 Å². The van der Waals surface area contributed by atoms with Crippen molar-refractivity contribution in [1.82, 2.24) is 4.90 Å². The zero-order chi connectivity index (χ0) is 17.1. The summed E-state index contributed by atoms with van der Waals surface area (Å²) in [5.74, 6) is 0.536. The maximum absolute atomic E-state index is 12.1. The van der Waals surface area contributed by atoms with E-state index in [1.807, 2.05) is 4.90 Å². The number of hydrogen-bond donors (Lipinski definition) is 0. The summed E-state index contributed by atoms with van der Waals surface area (Å²) in [5, 5.41) is 0. The lowest BCUT2D eigenvalue weighted by Gasteiger charge is -2.31. The van der Waals surface area contributed by atoms with Gasteiger partial charge in [0.15, 0.2) is 0 Å². The first-order valence-corrected chi connectivity index (χ1v) is 9.49. The van der Waals surface area contributed by atoms with Gasteiger partial charge in [-0.3, -0.25) is 9.59 Å². The Balaban J connectivity index is 2.11. The summed E-state index contributed by atoms with van der Waals surface area (Å²) < 4.78 is 5.41. The highest BCUT2D eigenvalue weighted by atomic mass is 16.5. The first kappa shape index (κ1) is 20.0. The van der Waals surface area contributed by atoms with Crippen LogP contribution in [0, 0.1) is 11.8 Å². The summed E-state index contributed by atoms with van der Waals surface area (Å²) in [4.78, 5) is 26.0. The second-order valence-electron chi connectivity index (χ2n) is 7.19. The second-order valence-corrected chi connectivity index (χ2v) is 7.19. The predicted octanol–water partition coefficient (Wildman–Crippen LogP) is 4.17. The third kappa shape index (κ3) is 8.38. The van der Waals surface area contributed by atoms with Gasteiger partial charge < -0.3 is 9.64 Å². The van der Waals surface area contributed by atoms with E-state index < -0.39 is 0 Å². The number of likely N-dealkylation sites (tertiary alicyclic amines) is 1. The van der Waals surface area contributed by atoms with Crippen molar-refractivity contribution >= 4 is 11.9 Å². The maximum atomic E-state index is 12.1. The molecule has 0 radical (unpaired) electrons. The Hall–Kier alpha value is -1.06. The molecule has 134 valence electrons. The molecule has 0 aromatic rings. The average molecular weight is 325 g/mol. The van der Waals surface area contributed by atoms with Gasteiger partial charge in [-0.1, -0.05) is 52.9 Å². The lowest BCUT2D eigenvalue weighted by molar-refractivity contribution is -0.152. The smallest absolute Gasteiger partial charge is 0.309 e. The molecule has 23 heavy (non-hydrogen) atoms. The minimum absolute atomic E-state index is 0.0156. The molecule has 1 fully saturated rings. The molecule has 1 saturated heterocycles. The van der Waals surface area contributed by atoms with E-state index in [0.29, 0.717) is 32.0 Å². The number of unbranched alkanes of at least 4 members (excludes halogenated alkanes) is 5. The van der Waals surface area contributed by atoms with Crippen LogP contribution in [0.3, 0.4) is 0 Å². The summed E-state index contributed by atoms with van der Waals surface area (Å²) in [6, 6.07) is 0. The van der Waals surface area contributed by atoms with E-state index in [2.05, 4.69) is 20.8 Å². The summed E-state index contributed by atoms with van der Waals surface area (Å²) in [6.45, 7) is 8.28. The molecule has 1 aliphatic rings. The van der Waals surface area contributed by atoms with Crippen LogP contribution in [-0.4, -0.2) is 36.5 Å². The van der Waals surface area contributed by atoms with E-state index in [1.54, 1.807) is 0 Å². The van der Waals surface area contributed by atoms with Crippen molar-refractivity contribution in [3.8, 4) is 0 Å². The Morgan fingerprint density at radius 1 is 1.04 bits per heavy atom. The monoisotopic (exact) mass is 325 g/mol. The van der Waals surface area contributed by atoms with Gasteiger partial charge in [-0.05, 0) is 25.2 Å². The largest absolute Gasteiger partial charge is 0.465 e. The SMILES string of the molecule is CCCCCCCCOC(=O)C1CCN(C(=O)CC(C)C)CC1. The summed E-state index contributed by atoms with van der Waals surface area (Å²) in [6.07, 6.45) is 9.30. The highest BCUT2D eigenvalue weighted by molar-refractivity contribution is 5.77. The Kier molecular flexibility index (Phi) is 9.97. The first-order chi connectivity index (χ1) is 11.0. The molecule has 4 nitrogen and oxygen atoms in total. The summed E-state index contributed by atoms with van der Waals surface area (Å²) in [7, 11) is 0. The van der Waals surface area contributed by atoms with Crippen LogP contribution in [0.4, 0.5) is 0 Å². The Bertz CT molecular complexity index is 347. The van der Waals surface area contributed by atoms with Crippen LogP contribution in [0.2, 0.25) is 0 Å². The number of rotatable bonds is 10. The van der Waals surface area contributed by atoms with Crippen molar-refractivity contribution in [2.45, 2.75) is 78.6 Å². The molecule has 1 heterocycles. The van der Waals surface area contributed by atoms with E-state index in [1.165, 1.54) is 25.7 Å². The van der Waals surface area contributed by atoms with E-state index in [0.717, 1.165) is 25.7 Å². The van der Waals surface area contributed by atoms with Crippen LogP contribution in [0.25, 0.3) is 0 Å². The highest BCUT2D eigenvalue weighted by Gasteiger charge is 2.28. The Morgan fingerprint density at radius 2 is 1.65 bits per heavy atom. The van der Waals surface area contributed by atoms with Crippen LogP contribution in [0.5, 0.6) is 0 Å². The fourth-order valence-corrected chi connectivity index (χ4v) is 3.02. The first-order valence-electron chi connectivity index (χ1n) is 9.49. The van der Waals surface area contributed by atoms with E-state index >= 15 is 0 Å². The quantitative estimate of drug-likeness (QED) is 0.447. The zero-order valence-electron chi connectivity index (χ0n) is 15.3. The lowest BCUT2D eigenvalue weighted by Crippen LogP contribution is -2.41. The van der Waals surface area contributed by atoms with Gasteiger partial charge in [0.2, 0.25) is 5.91 Å². The van der Waals surface area contributed by atoms with Crippen LogP contribution in [0.1, 0.15) is 78.6 Å². The molecule has 0 saturated carbocycles. The number of hydrogen-bond acceptors (Lipinski definition) is 3. The number of carbonyl (C=O) groups excluding carboxylic acids is 2. The molecule has 1 amide bonds. The second kappa shape index (κ2) is 11.5. The Labute approximate surface area is 141 Å². The normalized spacial score (nSPS) is 15.9. The number of esters is 1. The molecule has 4 heteroatoms. The molecular weight excluding hydrogens is 290 g/mol. The van der Waals surface area contributed by atoms with Gasteiger partial charge >= 0.3 is 5.97 Å². The minimum Gasteiger partial charge on any atom is -0.465 e. The van der Waals surface area contributed by atoms with Crippen molar-refractivity contribution in [1.29, 1.82) is 0 Å². The van der Waals surface area contributed by atoms with Crippen LogP contribution >= 0.6 is 0 Å². The molecule has 0 unspecified atom stereocenters. The molecular formula is C19H35NO3. The summed E-state index contributed by atoms with van der Waals surface area (Å²) in [5.41, 5.74) is 0. The fourth-order valence-electron chi connectivity index (χ4n) is 3.02. The number of carbonyl (C=O) groups is 2. The molecule has 0 aliphatic carbocycles. The highest BCUT2D eigenvalue weighted by Crippen LogP contribution is 2.20. The molecule has 0 aromatic heterocycles. The summed E-state index contributed by atoms with van der Waals surface area (Å²) >= 11 is 0. The lowest BCUT2D eigenvalue weighted by atomic mass is 9.96. The number of ether oxygens (including phenoxy) is 1. The fraction of sp³-hybridized carbons (Fsp3) is 0.895. The number of nitrogens with zero attached hydrogens (tertiary/aromatic N) is 1. The van der Waals surface area contributed by atoms with Crippen LogP contribution in [0.15, 0.2) is 0 Å². The van der Waals surface area contributed by atoms with Gasteiger partial charge in [-0.25, -0.2) is 0 Å². The molecule has 0 spiro atoms. The van der Waals surface area contributed by atoms with E-state index in [4.69, 9.17) is 4.74 Å². The standard InChI is InChI=1S/C19H35NO3/c1-4-5-6-7-8-9-14-23-19(22)17-10-12-20(13-11-17)18(21)15-16(2)3/h16-17H,4-15H2,1-3H3. The minimum atomic E-state index is -0.0606. The molecule has 0 aromatic carbocycles. The third-order valence-corrected chi connectivity index (χ3v) is 4.51.